The number of β-amino-alcohol motifs (C(OH)–C–C–N with tert-alkyl or cyclic N) is 1. The van der Waals surface area contributed by atoms with Crippen LogP contribution in [0.25, 0.3) is 0 Å². The van der Waals surface area contributed by atoms with Gasteiger partial charge in [-0.15, -0.1) is 0 Å². The molecule has 0 radical (unpaired) electrons. The smallest absolute Gasteiger partial charge is 0.163 e. The van der Waals surface area contributed by atoms with Crippen LogP contribution < -0.4 is 10.1 Å². The van der Waals surface area contributed by atoms with Gasteiger partial charge in [-0.2, -0.15) is 0 Å². The Balaban J connectivity index is 2.02. The van der Waals surface area contributed by atoms with Gasteiger partial charge in [0.2, 0.25) is 0 Å². The van der Waals surface area contributed by atoms with Gasteiger partial charge >= 0.3 is 0 Å². The topological polar surface area (TPSA) is 58.6 Å². The first-order valence-electron chi connectivity index (χ1n) is 7.99. The Hall–Kier alpha value is -1.39. The Bertz CT molecular complexity index is 546. The number of ether oxygens (including phenoxy) is 1. The van der Waals surface area contributed by atoms with Crippen LogP contribution in [0.4, 0.5) is 0 Å². The van der Waals surface area contributed by atoms with E-state index in [0.29, 0.717) is 13.0 Å². The van der Waals surface area contributed by atoms with Gasteiger partial charge < -0.3 is 15.2 Å². The minimum Gasteiger partial charge on any atom is -0.491 e. The fraction of sp³-hybridized carbons (Fsp3) is 0.611. The van der Waals surface area contributed by atoms with Crippen molar-refractivity contribution in [3.63, 3.8) is 0 Å². The summed E-state index contributed by atoms with van der Waals surface area (Å²) in [5, 5.41) is 13.3. The van der Waals surface area contributed by atoms with Crippen molar-refractivity contribution in [3.8, 4) is 5.75 Å². The number of carbonyl (C=O) groups excluding carboxylic acids is 1. The van der Waals surface area contributed by atoms with Crippen LogP contribution in [0.1, 0.15) is 55.1 Å². The quantitative estimate of drug-likeness (QED) is 0.878. The highest BCUT2D eigenvalue weighted by Crippen LogP contribution is 2.32. The third-order valence-corrected chi connectivity index (χ3v) is 3.89. The van der Waals surface area contributed by atoms with Crippen LogP contribution in [-0.2, 0) is 6.42 Å². The summed E-state index contributed by atoms with van der Waals surface area (Å²) >= 11 is 0. The monoisotopic (exact) mass is 305 g/mol. The average molecular weight is 305 g/mol. The largest absolute Gasteiger partial charge is 0.491 e. The number of Topliss-reactive ketones (excluding diaryl/α,β-unsaturated/α-hetero) is 1. The van der Waals surface area contributed by atoms with Crippen molar-refractivity contribution >= 4 is 5.78 Å². The van der Waals surface area contributed by atoms with E-state index in [1.807, 2.05) is 19.1 Å². The fourth-order valence-corrected chi connectivity index (χ4v) is 2.74. The van der Waals surface area contributed by atoms with Crippen molar-refractivity contribution in [1.29, 1.82) is 0 Å². The zero-order valence-corrected chi connectivity index (χ0v) is 14.0. The summed E-state index contributed by atoms with van der Waals surface area (Å²) in [6, 6.07) is 3.84. The molecule has 4 heteroatoms. The average Bonchev–Trinajstić information content (AvgIpc) is 2.44. The number of aliphatic hydroxyl groups is 1. The molecular weight excluding hydrogens is 278 g/mol. The lowest BCUT2D eigenvalue weighted by Gasteiger charge is -2.24. The van der Waals surface area contributed by atoms with E-state index in [1.165, 1.54) is 0 Å². The predicted octanol–water partition coefficient (Wildman–Crippen LogP) is 2.64. The van der Waals surface area contributed by atoms with E-state index in [1.54, 1.807) is 0 Å². The van der Waals surface area contributed by atoms with Crippen molar-refractivity contribution in [3.05, 3.63) is 28.8 Å². The molecule has 0 spiro atoms. The number of aryl methyl sites for hydroxylation is 1. The Labute approximate surface area is 132 Å². The molecule has 22 heavy (non-hydrogen) atoms. The van der Waals surface area contributed by atoms with Crippen LogP contribution in [-0.4, -0.2) is 35.7 Å². The molecule has 0 fully saturated rings. The van der Waals surface area contributed by atoms with E-state index in [4.69, 9.17) is 4.74 Å². The maximum atomic E-state index is 12.1. The first-order valence-corrected chi connectivity index (χ1v) is 7.99. The lowest BCUT2D eigenvalue weighted by molar-refractivity contribution is 0.0956. The number of rotatable bonds is 5. The Morgan fingerprint density at radius 1 is 1.32 bits per heavy atom. The third-order valence-electron chi connectivity index (χ3n) is 3.89. The van der Waals surface area contributed by atoms with Crippen LogP contribution in [0.2, 0.25) is 0 Å². The molecule has 4 nitrogen and oxygen atoms in total. The van der Waals surface area contributed by atoms with Gasteiger partial charge in [-0.1, -0.05) is 6.07 Å². The third kappa shape index (κ3) is 4.31. The molecule has 1 unspecified atom stereocenters. The summed E-state index contributed by atoms with van der Waals surface area (Å²) < 4.78 is 5.79. The van der Waals surface area contributed by atoms with Gasteiger partial charge in [-0.3, -0.25) is 4.79 Å². The maximum Gasteiger partial charge on any atom is 0.163 e. The molecule has 1 aromatic carbocycles. The molecule has 0 saturated heterocycles. The van der Waals surface area contributed by atoms with Crippen molar-refractivity contribution in [2.45, 2.75) is 58.6 Å². The lowest BCUT2D eigenvalue weighted by Crippen LogP contribution is -2.42. The molecular formula is C18H27NO3. The van der Waals surface area contributed by atoms with E-state index in [-0.39, 0.29) is 17.9 Å². The molecule has 0 bridgehead atoms. The van der Waals surface area contributed by atoms with Gasteiger partial charge in [0.1, 0.15) is 18.5 Å². The SMILES string of the molecule is Cc1ccc(OCC(O)CNC(C)(C)C)c2c1C(=O)CCC2. The van der Waals surface area contributed by atoms with Crippen molar-refractivity contribution in [2.24, 2.45) is 0 Å². The number of hydrogen-bond acceptors (Lipinski definition) is 4. The highest BCUT2D eigenvalue weighted by atomic mass is 16.5. The summed E-state index contributed by atoms with van der Waals surface area (Å²) in [6.45, 7) is 8.85. The first kappa shape index (κ1) is 17.0. The highest BCUT2D eigenvalue weighted by Gasteiger charge is 2.23. The number of hydrogen-bond donors (Lipinski definition) is 2. The molecule has 1 aliphatic rings. The first-order chi connectivity index (χ1) is 10.3. The minimum absolute atomic E-state index is 0.0313. The Morgan fingerprint density at radius 2 is 2.05 bits per heavy atom. The number of ketones is 1. The summed E-state index contributed by atoms with van der Waals surface area (Å²) in [6.07, 6.45) is 1.79. The second kappa shape index (κ2) is 6.80. The lowest BCUT2D eigenvalue weighted by atomic mass is 9.87. The molecule has 1 aliphatic carbocycles. The Morgan fingerprint density at radius 3 is 2.73 bits per heavy atom. The van der Waals surface area contributed by atoms with E-state index >= 15 is 0 Å². The van der Waals surface area contributed by atoms with E-state index in [2.05, 4.69) is 26.1 Å². The second-order valence-electron chi connectivity index (χ2n) is 7.11. The fourth-order valence-electron chi connectivity index (χ4n) is 2.74. The standard InChI is InChI=1S/C18H27NO3/c1-12-8-9-16(14-6-5-7-15(21)17(12)14)22-11-13(20)10-19-18(2,3)4/h8-9,13,19-20H,5-7,10-11H2,1-4H3. The summed E-state index contributed by atoms with van der Waals surface area (Å²) in [5.74, 6) is 0.947. The molecule has 2 rings (SSSR count). The van der Waals surface area contributed by atoms with Crippen molar-refractivity contribution in [2.75, 3.05) is 13.2 Å². The van der Waals surface area contributed by atoms with Crippen molar-refractivity contribution < 1.29 is 14.6 Å². The predicted molar refractivity (Wildman–Crippen MR) is 87.7 cm³/mol. The number of carbonyl (C=O) groups is 1. The molecule has 0 aliphatic heterocycles. The number of nitrogens with one attached hydrogen (secondary N) is 1. The number of benzene rings is 1. The number of aliphatic hydroxyl groups excluding tert-OH is 1. The van der Waals surface area contributed by atoms with Crippen LogP contribution in [0.5, 0.6) is 5.75 Å². The molecule has 0 heterocycles. The van der Waals surface area contributed by atoms with E-state index in [9.17, 15) is 9.90 Å². The minimum atomic E-state index is -0.574. The van der Waals surface area contributed by atoms with Crippen LogP contribution in [0, 0.1) is 6.92 Å². The summed E-state index contributed by atoms with van der Waals surface area (Å²) in [5.41, 5.74) is 2.82. The molecule has 1 atom stereocenters. The number of fused-ring (bicyclic) bond motifs is 1. The molecule has 0 saturated carbocycles. The zero-order valence-electron chi connectivity index (χ0n) is 14.0. The van der Waals surface area contributed by atoms with Crippen LogP contribution in [0.15, 0.2) is 12.1 Å². The molecule has 1 aromatic rings. The summed E-state index contributed by atoms with van der Waals surface area (Å²) in [4.78, 5) is 12.1. The van der Waals surface area contributed by atoms with Crippen LogP contribution >= 0.6 is 0 Å². The van der Waals surface area contributed by atoms with Gasteiger partial charge in [0, 0.05) is 29.6 Å². The second-order valence-corrected chi connectivity index (χ2v) is 7.11. The maximum absolute atomic E-state index is 12.1. The van der Waals surface area contributed by atoms with Crippen LogP contribution in [0.3, 0.4) is 0 Å². The Kier molecular flexibility index (Phi) is 5.24. The summed E-state index contributed by atoms with van der Waals surface area (Å²) in [7, 11) is 0. The van der Waals surface area contributed by atoms with Gasteiger partial charge in [0.15, 0.2) is 5.78 Å². The van der Waals surface area contributed by atoms with Gasteiger partial charge in [-0.25, -0.2) is 0 Å². The normalized spacial score (nSPS) is 16.3. The van der Waals surface area contributed by atoms with Gasteiger partial charge in [0.25, 0.3) is 0 Å². The van der Waals surface area contributed by atoms with E-state index < -0.39 is 6.10 Å². The van der Waals surface area contributed by atoms with Crippen molar-refractivity contribution in [1.82, 2.24) is 5.32 Å². The molecule has 0 aromatic heterocycles. The molecule has 122 valence electrons. The molecule has 0 amide bonds. The zero-order chi connectivity index (χ0) is 16.3. The molecule has 2 N–H and O–H groups in total. The van der Waals surface area contributed by atoms with E-state index in [0.717, 1.165) is 35.3 Å². The van der Waals surface area contributed by atoms with Gasteiger partial charge in [0.05, 0.1) is 0 Å². The highest BCUT2D eigenvalue weighted by molar-refractivity contribution is 6.00. The van der Waals surface area contributed by atoms with Gasteiger partial charge in [-0.05, 0) is 52.2 Å².